The Bertz CT molecular complexity index is 809. The quantitative estimate of drug-likeness (QED) is 0.694. The number of aliphatic hydroxyl groups is 2. The summed E-state index contributed by atoms with van der Waals surface area (Å²) in [5.41, 5.74) is 1.88. The number of benzene rings is 1. The lowest BCUT2D eigenvalue weighted by Gasteiger charge is -2.42. The Kier molecular flexibility index (Phi) is 5.45. The van der Waals surface area contributed by atoms with E-state index in [1.165, 1.54) is 0 Å². The molecule has 2 heterocycles. The molecule has 0 bridgehead atoms. The van der Waals surface area contributed by atoms with Crippen molar-refractivity contribution < 1.29 is 14.9 Å². The minimum Gasteiger partial charge on any atom is -0.485 e. The molecule has 3 rings (SSSR count). The van der Waals surface area contributed by atoms with Gasteiger partial charge in [-0.1, -0.05) is 24.9 Å². The van der Waals surface area contributed by atoms with Gasteiger partial charge < -0.3 is 20.3 Å². The molecule has 0 radical (unpaired) electrons. The molecule has 0 saturated heterocycles. The number of pyridine rings is 1. The molecule has 0 aliphatic carbocycles. The van der Waals surface area contributed by atoms with Gasteiger partial charge >= 0.3 is 0 Å². The Morgan fingerprint density at radius 2 is 2.08 bits per heavy atom. The molecule has 1 aliphatic rings. The summed E-state index contributed by atoms with van der Waals surface area (Å²) in [6, 6.07) is 5.36. The van der Waals surface area contributed by atoms with E-state index in [-0.39, 0.29) is 6.04 Å². The van der Waals surface area contributed by atoms with Crippen LogP contribution in [0, 0.1) is 6.92 Å². The summed E-state index contributed by atoms with van der Waals surface area (Å²) in [6.07, 6.45) is 0.419. The summed E-state index contributed by atoms with van der Waals surface area (Å²) in [6.45, 7) is 8.17. The summed E-state index contributed by atoms with van der Waals surface area (Å²) in [5, 5.41) is 25.7. The number of hydrogen-bond donors (Lipinski definition) is 3. The molecule has 1 aromatic heterocycles. The molecule has 6 heteroatoms. The molecule has 3 N–H and O–H groups in total. The predicted octanol–water partition coefficient (Wildman–Crippen LogP) is 3.52. The van der Waals surface area contributed by atoms with Crippen molar-refractivity contribution in [3.63, 3.8) is 0 Å². The highest BCUT2D eigenvalue weighted by atomic mass is 35.5. The molecular formula is C20H27ClN2O3. The standard InChI is InChI=1S/C20H27ClN2O3/c1-5-6-12(24)10-22-18-14-8-15-13(11(2)7-17(21)23-15)9-16(14)26-20(3,4)19(18)25/h7-9,12,18-19,22,24-25H,5-6,10H2,1-4H3. The summed E-state index contributed by atoms with van der Waals surface area (Å²) < 4.78 is 6.10. The molecule has 3 atom stereocenters. The molecule has 1 aliphatic heterocycles. The van der Waals surface area contributed by atoms with E-state index in [0.717, 1.165) is 40.6 Å². The highest BCUT2D eigenvalue weighted by Gasteiger charge is 2.43. The van der Waals surface area contributed by atoms with Gasteiger partial charge in [-0.15, -0.1) is 0 Å². The van der Waals surface area contributed by atoms with Crippen LogP contribution in [-0.4, -0.2) is 39.6 Å². The van der Waals surface area contributed by atoms with E-state index < -0.39 is 17.8 Å². The monoisotopic (exact) mass is 378 g/mol. The minimum atomic E-state index is -0.762. The summed E-state index contributed by atoms with van der Waals surface area (Å²) in [4.78, 5) is 4.42. The second kappa shape index (κ2) is 7.31. The Labute approximate surface area is 159 Å². The molecule has 26 heavy (non-hydrogen) atoms. The number of aromatic nitrogens is 1. The zero-order chi connectivity index (χ0) is 19.1. The van der Waals surface area contributed by atoms with Gasteiger partial charge in [0.05, 0.1) is 17.7 Å². The first-order chi connectivity index (χ1) is 12.2. The molecule has 0 amide bonds. The highest BCUT2D eigenvalue weighted by Crippen LogP contribution is 2.42. The van der Waals surface area contributed by atoms with Gasteiger partial charge in [0.2, 0.25) is 0 Å². The number of nitrogens with zero attached hydrogens (tertiary/aromatic N) is 1. The van der Waals surface area contributed by atoms with Gasteiger partial charge in [0, 0.05) is 17.5 Å². The molecule has 142 valence electrons. The maximum Gasteiger partial charge on any atom is 0.131 e. The molecular weight excluding hydrogens is 352 g/mol. The summed E-state index contributed by atoms with van der Waals surface area (Å²) in [7, 11) is 0. The van der Waals surface area contributed by atoms with Crippen molar-refractivity contribution in [2.45, 2.75) is 64.4 Å². The first-order valence-corrected chi connectivity index (χ1v) is 9.50. The summed E-state index contributed by atoms with van der Waals surface area (Å²) in [5.74, 6) is 0.725. The third-order valence-electron chi connectivity index (χ3n) is 5.05. The normalized spacial score (nSPS) is 22.7. The van der Waals surface area contributed by atoms with Gasteiger partial charge in [0.1, 0.15) is 22.6 Å². The smallest absolute Gasteiger partial charge is 0.131 e. The van der Waals surface area contributed by atoms with E-state index in [0.29, 0.717) is 11.7 Å². The Balaban J connectivity index is 2.04. The molecule has 5 nitrogen and oxygen atoms in total. The minimum absolute atomic E-state index is 0.356. The predicted molar refractivity (Wildman–Crippen MR) is 104 cm³/mol. The van der Waals surface area contributed by atoms with Crippen molar-refractivity contribution in [2.75, 3.05) is 6.54 Å². The topological polar surface area (TPSA) is 74.6 Å². The number of nitrogens with one attached hydrogen (secondary N) is 1. The van der Waals surface area contributed by atoms with Crippen LogP contribution in [0.2, 0.25) is 5.15 Å². The van der Waals surface area contributed by atoms with Crippen molar-refractivity contribution in [2.24, 2.45) is 0 Å². The average molecular weight is 379 g/mol. The van der Waals surface area contributed by atoms with Crippen LogP contribution in [-0.2, 0) is 0 Å². The third kappa shape index (κ3) is 3.67. The van der Waals surface area contributed by atoms with Gasteiger partial charge in [-0.25, -0.2) is 4.98 Å². The number of aryl methyl sites for hydroxylation is 1. The summed E-state index contributed by atoms with van der Waals surface area (Å²) >= 11 is 6.11. The van der Waals surface area contributed by atoms with Crippen molar-refractivity contribution in [1.29, 1.82) is 0 Å². The van der Waals surface area contributed by atoms with Crippen LogP contribution in [0.25, 0.3) is 10.9 Å². The van der Waals surface area contributed by atoms with Crippen molar-refractivity contribution in [1.82, 2.24) is 10.3 Å². The van der Waals surface area contributed by atoms with Gasteiger partial charge in [-0.3, -0.25) is 0 Å². The Morgan fingerprint density at radius 3 is 2.77 bits per heavy atom. The third-order valence-corrected chi connectivity index (χ3v) is 5.24. The van der Waals surface area contributed by atoms with E-state index in [1.807, 2.05) is 45.9 Å². The second-order valence-corrected chi connectivity index (χ2v) is 8.04. The van der Waals surface area contributed by atoms with Gasteiger partial charge in [0.25, 0.3) is 0 Å². The number of fused-ring (bicyclic) bond motifs is 2. The maximum atomic E-state index is 10.9. The van der Waals surface area contributed by atoms with Crippen molar-refractivity contribution in [3.05, 3.63) is 34.5 Å². The van der Waals surface area contributed by atoms with Crippen LogP contribution in [0.15, 0.2) is 18.2 Å². The van der Waals surface area contributed by atoms with Crippen LogP contribution in [0.4, 0.5) is 0 Å². The number of hydrogen-bond acceptors (Lipinski definition) is 5. The molecule has 0 spiro atoms. The lowest BCUT2D eigenvalue weighted by Crippen LogP contribution is -2.53. The zero-order valence-corrected chi connectivity index (χ0v) is 16.5. The largest absolute Gasteiger partial charge is 0.485 e. The van der Waals surface area contributed by atoms with Crippen molar-refractivity contribution >= 4 is 22.5 Å². The fraction of sp³-hybridized carbons (Fsp3) is 0.550. The maximum absolute atomic E-state index is 10.9. The van der Waals surface area contributed by atoms with Gasteiger partial charge in [-0.2, -0.15) is 0 Å². The van der Waals surface area contributed by atoms with Crippen molar-refractivity contribution in [3.8, 4) is 5.75 Å². The van der Waals surface area contributed by atoms with Crippen LogP contribution < -0.4 is 10.1 Å². The molecule has 1 aromatic carbocycles. The first kappa shape index (κ1) is 19.4. The number of ether oxygens (including phenoxy) is 1. The number of halogens is 1. The van der Waals surface area contributed by atoms with Crippen LogP contribution in [0.1, 0.15) is 50.8 Å². The lowest BCUT2D eigenvalue weighted by molar-refractivity contribution is -0.0659. The van der Waals surface area contributed by atoms with E-state index in [9.17, 15) is 10.2 Å². The average Bonchev–Trinajstić information content (AvgIpc) is 2.54. The van der Waals surface area contributed by atoms with Gasteiger partial charge in [-0.05, 0) is 51.0 Å². The molecule has 3 unspecified atom stereocenters. The highest BCUT2D eigenvalue weighted by molar-refractivity contribution is 6.29. The zero-order valence-electron chi connectivity index (χ0n) is 15.7. The molecule has 2 aromatic rings. The molecule has 0 saturated carbocycles. The van der Waals surface area contributed by atoms with Crippen LogP contribution >= 0.6 is 11.6 Å². The van der Waals surface area contributed by atoms with E-state index in [4.69, 9.17) is 16.3 Å². The second-order valence-electron chi connectivity index (χ2n) is 7.65. The van der Waals surface area contributed by atoms with Gasteiger partial charge in [0.15, 0.2) is 0 Å². The van der Waals surface area contributed by atoms with Crippen LogP contribution in [0.5, 0.6) is 5.75 Å². The SMILES string of the molecule is CCCC(O)CNC1c2cc3nc(Cl)cc(C)c3cc2OC(C)(C)C1O. The number of aliphatic hydroxyl groups excluding tert-OH is 2. The first-order valence-electron chi connectivity index (χ1n) is 9.12. The van der Waals surface area contributed by atoms with Crippen LogP contribution in [0.3, 0.4) is 0 Å². The Hall–Kier alpha value is -1.40. The lowest BCUT2D eigenvalue weighted by atomic mass is 9.85. The van der Waals surface area contributed by atoms with E-state index in [2.05, 4.69) is 10.3 Å². The van der Waals surface area contributed by atoms with E-state index >= 15 is 0 Å². The van der Waals surface area contributed by atoms with E-state index in [1.54, 1.807) is 0 Å². The Morgan fingerprint density at radius 1 is 1.35 bits per heavy atom. The number of rotatable bonds is 5. The fourth-order valence-corrected chi connectivity index (χ4v) is 3.82. The molecule has 0 fully saturated rings. The fourth-order valence-electron chi connectivity index (χ4n) is 3.56.